The molecule has 0 bridgehead atoms. The highest BCUT2D eigenvalue weighted by Gasteiger charge is 2.10. The Labute approximate surface area is 111 Å². The third-order valence-electron chi connectivity index (χ3n) is 2.51. The first-order valence-corrected chi connectivity index (χ1v) is 6.21. The summed E-state index contributed by atoms with van der Waals surface area (Å²) >= 11 is 0. The molecule has 0 unspecified atom stereocenters. The van der Waals surface area contributed by atoms with Crippen LogP contribution in [0.15, 0.2) is 23.0 Å². The van der Waals surface area contributed by atoms with Crippen molar-refractivity contribution in [3.05, 3.63) is 30.2 Å². The molecule has 0 aliphatic carbocycles. The third kappa shape index (κ3) is 3.90. The van der Waals surface area contributed by atoms with E-state index in [1.165, 1.54) is 0 Å². The zero-order valence-electron chi connectivity index (χ0n) is 11.0. The van der Waals surface area contributed by atoms with Gasteiger partial charge in [0.05, 0.1) is 0 Å². The van der Waals surface area contributed by atoms with Crippen LogP contribution in [0.3, 0.4) is 0 Å². The second kappa shape index (κ2) is 6.12. The molecule has 0 saturated heterocycles. The molecule has 0 saturated carbocycles. The van der Waals surface area contributed by atoms with Gasteiger partial charge in [-0.05, 0) is 6.07 Å². The number of carbonyl (C=O) groups excluding carboxylic acids is 1. The van der Waals surface area contributed by atoms with E-state index in [2.05, 4.69) is 20.6 Å². The van der Waals surface area contributed by atoms with E-state index < -0.39 is 0 Å². The quantitative estimate of drug-likeness (QED) is 0.831. The second-order valence-corrected chi connectivity index (χ2v) is 4.51. The fourth-order valence-corrected chi connectivity index (χ4v) is 1.51. The molecule has 0 spiro atoms. The standard InChI is InChI=1S/C12H17N5O2/c1-9(2)12-15-10(16-19-12)4-6-13-11(18)8-17-7-3-5-14-17/h3,5,7,9H,4,6,8H2,1-2H3,(H,13,18). The van der Waals surface area contributed by atoms with Crippen molar-refractivity contribution in [2.45, 2.75) is 32.7 Å². The Morgan fingerprint density at radius 3 is 3.00 bits per heavy atom. The van der Waals surface area contributed by atoms with Crippen LogP contribution in [0.5, 0.6) is 0 Å². The molecule has 7 nitrogen and oxygen atoms in total. The van der Waals surface area contributed by atoms with E-state index in [1.807, 2.05) is 13.8 Å². The minimum absolute atomic E-state index is 0.0868. The van der Waals surface area contributed by atoms with Crippen LogP contribution < -0.4 is 5.32 Å². The minimum atomic E-state index is -0.0868. The predicted molar refractivity (Wildman–Crippen MR) is 67.3 cm³/mol. The monoisotopic (exact) mass is 263 g/mol. The first kappa shape index (κ1) is 13.3. The normalized spacial score (nSPS) is 10.9. The maximum atomic E-state index is 11.6. The van der Waals surface area contributed by atoms with E-state index in [0.29, 0.717) is 24.7 Å². The number of hydrogen-bond donors (Lipinski definition) is 1. The molecule has 2 rings (SSSR count). The summed E-state index contributed by atoms with van der Waals surface area (Å²) in [5, 5.41) is 10.6. The van der Waals surface area contributed by atoms with Gasteiger partial charge in [-0.1, -0.05) is 19.0 Å². The van der Waals surface area contributed by atoms with Gasteiger partial charge in [-0.25, -0.2) is 0 Å². The molecule has 0 aromatic carbocycles. The highest BCUT2D eigenvalue weighted by atomic mass is 16.5. The van der Waals surface area contributed by atoms with Gasteiger partial charge in [0, 0.05) is 31.3 Å². The maximum absolute atomic E-state index is 11.6. The van der Waals surface area contributed by atoms with E-state index in [9.17, 15) is 4.79 Å². The summed E-state index contributed by atoms with van der Waals surface area (Å²) in [6, 6.07) is 1.78. The molecule has 0 aliphatic rings. The molecular formula is C12H17N5O2. The number of hydrogen-bond acceptors (Lipinski definition) is 5. The van der Waals surface area contributed by atoms with Gasteiger partial charge in [-0.15, -0.1) is 0 Å². The van der Waals surface area contributed by atoms with Crippen LogP contribution >= 0.6 is 0 Å². The summed E-state index contributed by atoms with van der Waals surface area (Å²) < 4.78 is 6.65. The van der Waals surface area contributed by atoms with Crippen LogP contribution in [0.25, 0.3) is 0 Å². The third-order valence-corrected chi connectivity index (χ3v) is 2.51. The van der Waals surface area contributed by atoms with Gasteiger partial charge in [0.25, 0.3) is 0 Å². The van der Waals surface area contributed by atoms with Crippen molar-refractivity contribution in [3.63, 3.8) is 0 Å². The van der Waals surface area contributed by atoms with Crippen molar-refractivity contribution < 1.29 is 9.32 Å². The zero-order valence-corrected chi connectivity index (χ0v) is 11.0. The smallest absolute Gasteiger partial charge is 0.241 e. The van der Waals surface area contributed by atoms with Gasteiger partial charge < -0.3 is 9.84 Å². The van der Waals surface area contributed by atoms with Gasteiger partial charge in [0.15, 0.2) is 5.82 Å². The van der Waals surface area contributed by atoms with Gasteiger partial charge in [0.2, 0.25) is 11.8 Å². The SMILES string of the molecule is CC(C)c1nc(CCNC(=O)Cn2cccn2)no1. The average molecular weight is 263 g/mol. The molecule has 1 amide bonds. The molecule has 19 heavy (non-hydrogen) atoms. The number of rotatable bonds is 6. The molecule has 2 aromatic heterocycles. The first-order valence-electron chi connectivity index (χ1n) is 6.21. The van der Waals surface area contributed by atoms with Crippen molar-refractivity contribution >= 4 is 5.91 Å². The lowest BCUT2D eigenvalue weighted by Gasteiger charge is -2.03. The second-order valence-electron chi connectivity index (χ2n) is 4.51. The van der Waals surface area contributed by atoms with Crippen LogP contribution in [-0.4, -0.2) is 32.4 Å². The molecule has 102 valence electrons. The Bertz CT molecular complexity index is 518. The Morgan fingerprint density at radius 1 is 1.53 bits per heavy atom. The van der Waals surface area contributed by atoms with Crippen LogP contribution in [0.2, 0.25) is 0 Å². The zero-order chi connectivity index (χ0) is 13.7. The van der Waals surface area contributed by atoms with Crippen LogP contribution in [-0.2, 0) is 17.8 Å². The number of nitrogens with one attached hydrogen (secondary N) is 1. The average Bonchev–Trinajstić information content (AvgIpc) is 3.00. The Kier molecular flexibility index (Phi) is 4.27. The number of carbonyl (C=O) groups is 1. The number of nitrogens with zero attached hydrogens (tertiary/aromatic N) is 4. The van der Waals surface area contributed by atoms with Crippen molar-refractivity contribution in [2.75, 3.05) is 6.54 Å². The minimum Gasteiger partial charge on any atom is -0.354 e. The summed E-state index contributed by atoms with van der Waals surface area (Å²) in [7, 11) is 0. The fraction of sp³-hybridized carbons (Fsp3) is 0.500. The van der Waals surface area contributed by atoms with E-state index >= 15 is 0 Å². The van der Waals surface area contributed by atoms with Crippen molar-refractivity contribution in [1.82, 2.24) is 25.2 Å². The van der Waals surface area contributed by atoms with E-state index in [4.69, 9.17) is 4.52 Å². The van der Waals surface area contributed by atoms with Gasteiger partial charge in [-0.2, -0.15) is 10.1 Å². The lowest BCUT2D eigenvalue weighted by atomic mass is 10.2. The summed E-state index contributed by atoms with van der Waals surface area (Å²) in [6.07, 6.45) is 3.94. The summed E-state index contributed by atoms with van der Waals surface area (Å²) in [6.45, 7) is 4.68. The van der Waals surface area contributed by atoms with Crippen LogP contribution in [0.4, 0.5) is 0 Å². The summed E-state index contributed by atoms with van der Waals surface area (Å²) in [5.41, 5.74) is 0. The summed E-state index contributed by atoms with van der Waals surface area (Å²) in [4.78, 5) is 15.8. The van der Waals surface area contributed by atoms with E-state index in [1.54, 1.807) is 23.1 Å². The maximum Gasteiger partial charge on any atom is 0.241 e. The van der Waals surface area contributed by atoms with E-state index in [-0.39, 0.29) is 18.4 Å². The van der Waals surface area contributed by atoms with Crippen molar-refractivity contribution in [1.29, 1.82) is 0 Å². The Morgan fingerprint density at radius 2 is 2.37 bits per heavy atom. The van der Waals surface area contributed by atoms with Crippen molar-refractivity contribution in [3.8, 4) is 0 Å². The summed E-state index contributed by atoms with van der Waals surface area (Å²) in [5.74, 6) is 1.37. The molecule has 1 N–H and O–H groups in total. The molecule has 2 heterocycles. The molecule has 2 aromatic rings. The Hall–Kier alpha value is -2.18. The van der Waals surface area contributed by atoms with Crippen molar-refractivity contribution in [2.24, 2.45) is 0 Å². The molecule has 7 heteroatoms. The molecule has 0 radical (unpaired) electrons. The number of amides is 1. The highest BCUT2D eigenvalue weighted by Crippen LogP contribution is 2.10. The lowest BCUT2D eigenvalue weighted by Crippen LogP contribution is -2.29. The predicted octanol–water partition coefficient (Wildman–Crippen LogP) is 0.748. The van der Waals surface area contributed by atoms with Gasteiger partial charge >= 0.3 is 0 Å². The molecule has 0 atom stereocenters. The topological polar surface area (TPSA) is 85.8 Å². The molecule has 0 aliphatic heterocycles. The Balaban J connectivity index is 1.72. The van der Waals surface area contributed by atoms with E-state index in [0.717, 1.165) is 0 Å². The number of aromatic nitrogens is 4. The largest absolute Gasteiger partial charge is 0.354 e. The molecule has 0 fully saturated rings. The van der Waals surface area contributed by atoms with Gasteiger partial charge in [0.1, 0.15) is 6.54 Å². The lowest BCUT2D eigenvalue weighted by molar-refractivity contribution is -0.121. The first-order chi connectivity index (χ1) is 9.15. The highest BCUT2D eigenvalue weighted by molar-refractivity contribution is 5.75. The molecular weight excluding hydrogens is 246 g/mol. The van der Waals surface area contributed by atoms with Crippen LogP contribution in [0, 0.1) is 0 Å². The van der Waals surface area contributed by atoms with Gasteiger partial charge in [-0.3, -0.25) is 9.48 Å². The fourth-order valence-electron chi connectivity index (χ4n) is 1.51. The van der Waals surface area contributed by atoms with Crippen LogP contribution in [0.1, 0.15) is 31.5 Å².